The molecule has 2 heterocycles. The molecule has 0 aliphatic heterocycles. The number of aliphatic carboxylic acids is 1. The van der Waals surface area contributed by atoms with E-state index in [4.69, 9.17) is 22.0 Å². The molecule has 0 fully saturated rings. The van der Waals surface area contributed by atoms with Gasteiger partial charge in [0.25, 0.3) is 0 Å². The highest BCUT2D eigenvalue weighted by Crippen LogP contribution is 2.18. The van der Waals surface area contributed by atoms with Crippen molar-refractivity contribution in [2.75, 3.05) is 0 Å². The Bertz CT molecular complexity index is 643. The topological polar surface area (TPSA) is 78.4 Å². The molecule has 0 amide bonds. The molecule has 0 aromatic carbocycles. The van der Waals surface area contributed by atoms with Crippen molar-refractivity contribution in [3.8, 4) is 6.07 Å². The van der Waals surface area contributed by atoms with Crippen molar-refractivity contribution < 1.29 is 9.90 Å². The maximum Gasteiger partial charge on any atom is 0.303 e. The molecule has 0 unspecified atom stereocenters. The van der Waals surface area contributed by atoms with Crippen molar-refractivity contribution in [2.45, 2.75) is 19.3 Å². The number of fused-ring (bicyclic) bond motifs is 1. The van der Waals surface area contributed by atoms with Crippen molar-refractivity contribution in [3.05, 3.63) is 34.9 Å². The molecule has 0 aliphatic carbocycles. The summed E-state index contributed by atoms with van der Waals surface area (Å²) in [5.41, 5.74) is 1.02. The summed E-state index contributed by atoms with van der Waals surface area (Å²) in [7, 11) is 0. The van der Waals surface area contributed by atoms with Crippen molar-refractivity contribution in [1.29, 1.82) is 5.26 Å². The predicted octanol–water partition coefficient (Wildman–Crippen LogP) is 2.27. The summed E-state index contributed by atoms with van der Waals surface area (Å²) in [6.45, 7) is 0. The zero-order chi connectivity index (χ0) is 13.1. The summed E-state index contributed by atoms with van der Waals surface area (Å²) < 4.78 is 1.74. The number of rotatable bonds is 4. The summed E-state index contributed by atoms with van der Waals surface area (Å²) in [6.07, 6.45) is 2.74. The van der Waals surface area contributed by atoms with Crippen LogP contribution in [0, 0.1) is 11.3 Å². The molecule has 18 heavy (non-hydrogen) atoms. The van der Waals surface area contributed by atoms with E-state index >= 15 is 0 Å². The first kappa shape index (κ1) is 12.4. The number of aromatic nitrogens is 2. The Balaban J connectivity index is 2.35. The van der Waals surface area contributed by atoms with Crippen molar-refractivity contribution in [3.63, 3.8) is 0 Å². The van der Waals surface area contributed by atoms with Crippen LogP contribution in [0.4, 0.5) is 0 Å². The third-order valence-electron chi connectivity index (χ3n) is 2.57. The summed E-state index contributed by atoms with van der Waals surface area (Å²) in [6, 6.07) is 5.44. The number of nitrogens with zero attached hydrogens (tertiary/aromatic N) is 3. The van der Waals surface area contributed by atoms with Gasteiger partial charge in [-0.1, -0.05) is 11.6 Å². The highest BCUT2D eigenvalue weighted by molar-refractivity contribution is 6.30. The van der Waals surface area contributed by atoms with Gasteiger partial charge in [0.15, 0.2) is 5.69 Å². The van der Waals surface area contributed by atoms with Crippen LogP contribution in [0.2, 0.25) is 5.02 Å². The smallest absolute Gasteiger partial charge is 0.303 e. The molecule has 0 atom stereocenters. The van der Waals surface area contributed by atoms with Gasteiger partial charge < -0.3 is 9.51 Å². The molecular weight excluding hydrogens is 254 g/mol. The molecule has 2 aromatic rings. The Kier molecular flexibility index (Phi) is 3.49. The van der Waals surface area contributed by atoms with E-state index in [0.717, 1.165) is 0 Å². The lowest BCUT2D eigenvalue weighted by atomic mass is 10.2. The van der Waals surface area contributed by atoms with Gasteiger partial charge in [-0.25, -0.2) is 4.98 Å². The molecule has 0 radical (unpaired) electrons. The van der Waals surface area contributed by atoms with Crippen LogP contribution < -0.4 is 0 Å². The minimum atomic E-state index is -0.839. The fourth-order valence-corrected chi connectivity index (χ4v) is 1.94. The lowest BCUT2D eigenvalue weighted by molar-refractivity contribution is -0.137. The number of hydrogen-bond donors (Lipinski definition) is 1. The van der Waals surface area contributed by atoms with E-state index in [1.807, 2.05) is 6.07 Å². The second kappa shape index (κ2) is 5.07. The summed E-state index contributed by atoms with van der Waals surface area (Å²) in [5, 5.41) is 18.1. The minimum Gasteiger partial charge on any atom is -0.481 e. The van der Waals surface area contributed by atoms with Gasteiger partial charge in [0.2, 0.25) is 0 Å². The standard InChI is InChI=1S/C12H10ClN3O2/c13-8-4-5-10-9(6-14)15-11(16(10)7-8)2-1-3-12(17)18/h4-5,7H,1-3H2,(H,17,18). The fraction of sp³-hybridized carbons (Fsp3) is 0.250. The molecule has 6 heteroatoms. The number of aryl methyl sites for hydroxylation is 1. The maximum absolute atomic E-state index is 10.5. The van der Waals surface area contributed by atoms with Crippen LogP contribution in [0.1, 0.15) is 24.4 Å². The van der Waals surface area contributed by atoms with Crippen LogP contribution >= 0.6 is 11.6 Å². The zero-order valence-corrected chi connectivity index (χ0v) is 10.2. The van der Waals surface area contributed by atoms with E-state index in [0.29, 0.717) is 34.9 Å². The molecule has 0 saturated carbocycles. The van der Waals surface area contributed by atoms with Crippen LogP contribution in [0.15, 0.2) is 18.3 Å². The fourth-order valence-electron chi connectivity index (χ4n) is 1.78. The van der Waals surface area contributed by atoms with Crippen LogP contribution in [0.5, 0.6) is 0 Å². The van der Waals surface area contributed by atoms with E-state index in [1.54, 1.807) is 22.7 Å². The molecule has 92 valence electrons. The van der Waals surface area contributed by atoms with Gasteiger partial charge in [0.05, 0.1) is 10.5 Å². The number of imidazole rings is 1. The van der Waals surface area contributed by atoms with Crippen LogP contribution in [-0.2, 0) is 11.2 Å². The third-order valence-corrected chi connectivity index (χ3v) is 2.79. The first-order valence-electron chi connectivity index (χ1n) is 5.40. The zero-order valence-electron chi connectivity index (χ0n) is 9.43. The van der Waals surface area contributed by atoms with Gasteiger partial charge in [-0.3, -0.25) is 4.79 Å². The number of pyridine rings is 1. The number of halogens is 1. The molecule has 0 bridgehead atoms. The van der Waals surface area contributed by atoms with Gasteiger partial charge in [-0.15, -0.1) is 0 Å². The molecule has 0 aliphatic rings. The minimum absolute atomic E-state index is 0.0807. The SMILES string of the molecule is N#Cc1nc(CCCC(=O)O)n2cc(Cl)ccc12. The molecule has 2 aromatic heterocycles. The number of carboxylic acid groups (broad SMARTS) is 1. The van der Waals surface area contributed by atoms with Crippen LogP contribution in [-0.4, -0.2) is 20.5 Å². The lowest BCUT2D eigenvalue weighted by Crippen LogP contribution is -1.99. The summed E-state index contributed by atoms with van der Waals surface area (Å²) >= 11 is 5.90. The number of hydrogen-bond acceptors (Lipinski definition) is 3. The van der Waals surface area contributed by atoms with E-state index in [9.17, 15) is 4.79 Å². The number of nitriles is 1. The largest absolute Gasteiger partial charge is 0.481 e. The average molecular weight is 264 g/mol. The van der Waals surface area contributed by atoms with Gasteiger partial charge in [-0.05, 0) is 18.6 Å². The van der Waals surface area contributed by atoms with E-state index < -0.39 is 5.97 Å². The van der Waals surface area contributed by atoms with Crippen molar-refractivity contribution in [1.82, 2.24) is 9.38 Å². The lowest BCUT2D eigenvalue weighted by Gasteiger charge is -2.00. The second-order valence-electron chi connectivity index (χ2n) is 3.84. The van der Waals surface area contributed by atoms with Crippen LogP contribution in [0.3, 0.4) is 0 Å². The van der Waals surface area contributed by atoms with E-state index in [1.165, 1.54) is 0 Å². The Hall–Kier alpha value is -2.06. The third kappa shape index (κ3) is 2.44. The number of carboxylic acids is 1. The van der Waals surface area contributed by atoms with Crippen LogP contribution in [0.25, 0.3) is 5.52 Å². The van der Waals surface area contributed by atoms with Gasteiger partial charge >= 0.3 is 5.97 Å². The molecule has 2 rings (SSSR count). The first-order valence-corrected chi connectivity index (χ1v) is 5.78. The second-order valence-corrected chi connectivity index (χ2v) is 4.27. The summed E-state index contributed by atoms with van der Waals surface area (Å²) in [4.78, 5) is 14.7. The highest BCUT2D eigenvalue weighted by Gasteiger charge is 2.11. The first-order chi connectivity index (χ1) is 8.61. The quantitative estimate of drug-likeness (QED) is 0.918. The van der Waals surface area contributed by atoms with Crippen molar-refractivity contribution in [2.24, 2.45) is 0 Å². The maximum atomic E-state index is 10.5. The van der Waals surface area contributed by atoms with Crippen molar-refractivity contribution >= 4 is 23.1 Å². The molecule has 0 saturated heterocycles. The molecular formula is C12H10ClN3O2. The van der Waals surface area contributed by atoms with Gasteiger partial charge in [0, 0.05) is 19.0 Å². The Labute approximate surface area is 108 Å². The van der Waals surface area contributed by atoms with E-state index in [-0.39, 0.29) is 6.42 Å². The Morgan fingerprint density at radius 2 is 2.33 bits per heavy atom. The predicted molar refractivity (Wildman–Crippen MR) is 65.5 cm³/mol. The summed E-state index contributed by atoms with van der Waals surface area (Å²) in [5.74, 6) is -0.181. The molecule has 1 N–H and O–H groups in total. The van der Waals surface area contributed by atoms with Gasteiger partial charge in [0.1, 0.15) is 11.9 Å². The Morgan fingerprint density at radius 3 is 3.00 bits per heavy atom. The Morgan fingerprint density at radius 1 is 1.56 bits per heavy atom. The van der Waals surface area contributed by atoms with E-state index in [2.05, 4.69) is 4.98 Å². The molecule has 0 spiro atoms. The molecule has 5 nitrogen and oxygen atoms in total. The average Bonchev–Trinajstić information content (AvgIpc) is 2.66. The number of carbonyl (C=O) groups is 1. The monoisotopic (exact) mass is 263 g/mol. The highest BCUT2D eigenvalue weighted by atomic mass is 35.5. The van der Waals surface area contributed by atoms with Gasteiger partial charge in [-0.2, -0.15) is 5.26 Å². The normalized spacial score (nSPS) is 10.4.